The lowest BCUT2D eigenvalue weighted by atomic mass is 10.0. The summed E-state index contributed by atoms with van der Waals surface area (Å²) >= 11 is 0. The van der Waals surface area contributed by atoms with E-state index in [-0.39, 0.29) is 17.0 Å². The molecule has 0 radical (unpaired) electrons. The molecule has 0 spiro atoms. The summed E-state index contributed by atoms with van der Waals surface area (Å²) in [6.45, 7) is 3.16. The average Bonchev–Trinajstić information content (AvgIpc) is 2.50. The van der Waals surface area contributed by atoms with Crippen molar-refractivity contribution in [2.75, 3.05) is 27.7 Å². The normalized spacial score (nSPS) is 10.2. The zero-order valence-corrected chi connectivity index (χ0v) is 19.2. The SMILES string of the molecule is Br.CCCCCCCCCCCCCCCCCCN.CN(C)C. The number of halogens is 1. The maximum atomic E-state index is 5.48. The fourth-order valence-electron chi connectivity index (χ4n) is 2.69. The highest BCUT2D eigenvalue weighted by Crippen LogP contribution is 2.13. The molecule has 0 unspecified atom stereocenters. The van der Waals surface area contributed by atoms with Crippen LogP contribution in [0.5, 0.6) is 0 Å². The molecule has 0 amide bonds. The average molecular weight is 410 g/mol. The third kappa shape index (κ3) is 38.1. The number of unbranched alkanes of at least 4 members (excludes halogenated alkanes) is 15. The lowest BCUT2D eigenvalue weighted by Crippen LogP contribution is -1.99. The molecular formula is C21H49BrN2. The molecule has 3 heteroatoms. The molecule has 0 aliphatic carbocycles. The molecule has 0 aliphatic rings. The fraction of sp³-hybridized carbons (Fsp3) is 1.00. The van der Waals surface area contributed by atoms with Gasteiger partial charge >= 0.3 is 0 Å². The van der Waals surface area contributed by atoms with E-state index in [0.29, 0.717) is 0 Å². The molecule has 0 heterocycles. The standard InChI is InChI=1S/C18H39N.C3H9N.BrH/c1-2-3-4-5-6-7-8-9-10-11-12-13-14-15-16-17-18-19;1-4(2)3;/h2-19H2,1H3;1-3H3;1H. The summed E-state index contributed by atoms with van der Waals surface area (Å²) in [6.07, 6.45) is 22.9. The first kappa shape index (κ1) is 29.2. The van der Waals surface area contributed by atoms with E-state index in [9.17, 15) is 0 Å². The summed E-state index contributed by atoms with van der Waals surface area (Å²) in [7, 11) is 6.00. The minimum absolute atomic E-state index is 0. The van der Waals surface area contributed by atoms with Gasteiger partial charge < -0.3 is 10.6 Å². The maximum absolute atomic E-state index is 5.48. The van der Waals surface area contributed by atoms with Crippen LogP contribution in [0.25, 0.3) is 0 Å². The van der Waals surface area contributed by atoms with Crippen LogP contribution in [0.2, 0.25) is 0 Å². The zero-order chi connectivity index (χ0) is 17.6. The van der Waals surface area contributed by atoms with E-state index in [0.717, 1.165) is 6.54 Å². The van der Waals surface area contributed by atoms with Crippen molar-refractivity contribution in [3.8, 4) is 0 Å². The fourth-order valence-corrected chi connectivity index (χ4v) is 2.69. The predicted molar refractivity (Wildman–Crippen MR) is 119 cm³/mol. The number of hydrogen-bond acceptors (Lipinski definition) is 2. The van der Waals surface area contributed by atoms with Crippen molar-refractivity contribution in [2.45, 2.75) is 110 Å². The highest BCUT2D eigenvalue weighted by atomic mass is 79.9. The molecule has 150 valence electrons. The van der Waals surface area contributed by atoms with Crippen molar-refractivity contribution in [3.05, 3.63) is 0 Å². The van der Waals surface area contributed by atoms with E-state index in [2.05, 4.69) is 6.92 Å². The molecule has 0 saturated heterocycles. The van der Waals surface area contributed by atoms with Crippen molar-refractivity contribution in [3.63, 3.8) is 0 Å². The smallest absolute Gasteiger partial charge is 0.00773 e. The molecular weight excluding hydrogens is 360 g/mol. The topological polar surface area (TPSA) is 29.3 Å². The second-order valence-corrected chi connectivity index (χ2v) is 7.43. The lowest BCUT2D eigenvalue weighted by Gasteiger charge is -2.03. The number of hydrogen-bond donors (Lipinski definition) is 1. The number of nitrogens with zero attached hydrogens (tertiary/aromatic N) is 1. The predicted octanol–water partition coefficient (Wildman–Crippen LogP) is 6.96. The molecule has 24 heavy (non-hydrogen) atoms. The van der Waals surface area contributed by atoms with E-state index >= 15 is 0 Å². The maximum Gasteiger partial charge on any atom is -0.00773 e. The molecule has 2 nitrogen and oxygen atoms in total. The third-order valence-electron chi connectivity index (χ3n) is 4.06. The molecule has 0 aromatic carbocycles. The Hall–Kier alpha value is 0.400. The largest absolute Gasteiger partial charge is 0.330 e. The molecule has 0 saturated carbocycles. The van der Waals surface area contributed by atoms with Gasteiger partial charge in [-0.2, -0.15) is 0 Å². The van der Waals surface area contributed by atoms with Crippen LogP contribution in [-0.2, 0) is 0 Å². The zero-order valence-electron chi connectivity index (χ0n) is 17.5. The van der Waals surface area contributed by atoms with E-state index in [1.54, 1.807) is 0 Å². The quantitative estimate of drug-likeness (QED) is 0.279. The molecule has 2 N–H and O–H groups in total. The van der Waals surface area contributed by atoms with Gasteiger partial charge in [-0.15, -0.1) is 17.0 Å². The first-order valence-corrected chi connectivity index (χ1v) is 10.5. The van der Waals surface area contributed by atoms with Crippen LogP contribution in [0.15, 0.2) is 0 Å². The van der Waals surface area contributed by atoms with Gasteiger partial charge in [0.1, 0.15) is 0 Å². The minimum atomic E-state index is 0. The first-order valence-electron chi connectivity index (χ1n) is 10.5. The molecule has 0 aromatic rings. The van der Waals surface area contributed by atoms with Crippen molar-refractivity contribution in [2.24, 2.45) is 5.73 Å². The van der Waals surface area contributed by atoms with E-state index in [4.69, 9.17) is 5.73 Å². The van der Waals surface area contributed by atoms with Gasteiger partial charge in [-0.3, -0.25) is 0 Å². The lowest BCUT2D eigenvalue weighted by molar-refractivity contribution is 0.505. The van der Waals surface area contributed by atoms with E-state index in [1.807, 2.05) is 26.0 Å². The summed E-state index contributed by atoms with van der Waals surface area (Å²) in [6, 6.07) is 0. The van der Waals surface area contributed by atoms with Crippen LogP contribution in [0.1, 0.15) is 110 Å². The van der Waals surface area contributed by atoms with Gasteiger partial charge in [0.2, 0.25) is 0 Å². The van der Waals surface area contributed by atoms with Crippen LogP contribution < -0.4 is 5.73 Å². The Morgan fingerprint density at radius 2 is 0.708 bits per heavy atom. The Morgan fingerprint density at radius 3 is 0.917 bits per heavy atom. The van der Waals surface area contributed by atoms with Crippen LogP contribution in [0, 0.1) is 0 Å². The summed E-state index contributed by atoms with van der Waals surface area (Å²) in [4.78, 5) is 2.00. The Morgan fingerprint density at radius 1 is 0.500 bits per heavy atom. The summed E-state index contributed by atoms with van der Waals surface area (Å²) in [5.41, 5.74) is 5.48. The van der Waals surface area contributed by atoms with Crippen molar-refractivity contribution in [1.82, 2.24) is 4.90 Å². The summed E-state index contributed by atoms with van der Waals surface area (Å²) in [5.74, 6) is 0. The highest BCUT2D eigenvalue weighted by Gasteiger charge is 1.94. The van der Waals surface area contributed by atoms with Crippen molar-refractivity contribution >= 4 is 17.0 Å². The van der Waals surface area contributed by atoms with Gasteiger partial charge in [0.25, 0.3) is 0 Å². The molecule has 0 atom stereocenters. The van der Waals surface area contributed by atoms with Crippen molar-refractivity contribution in [1.29, 1.82) is 0 Å². The monoisotopic (exact) mass is 408 g/mol. The van der Waals surface area contributed by atoms with Gasteiger partial charge in [0.05, 0.1) is 0 Å². The van der Waals surface area contributed by atoms with Gasteiger partial charge in [-0.1, -0.05) is 103 Å². The van der Waals surface area contributed by atoms with Gasteiger partial charge in [0.15, 0.2) is 0 Å². The second-order valence-electron chi connectivity index (χ2n) is 7.43. The van der Waals surface area contributed by atoms with Gasteiger partial charge in [-0.05, 0) is 34.1 Å². The molecule has 0 rings (SSSR count). The van der Waals surface area contributed by atoms with Gasteiger partial charge in [0, 0.05) is 0 Å². The number of nitrogens with two attached hydrogens (primary N) is 1. The van der Waals surface area contributed by atoms with E-state index < -0.39 is 0 Å². The molecule has 0 fully saturated rings. The second kappa shape index (κ2) is 28.2. The minimum Gasteiger partial charge on any atom is -0.330 e. The Labute approximate surface area is 165 Å². The summed E-state index contributed by atoms with van der Waals surface area (Å²) < 4.78 is 0. The van der Waals surface area contributed by atoms with Crippen LogP contribution in [0.4, 0.5) is 0 Å². The first-order chi connectivity index (χ1) is 11.1. The molecule has 0 aromatic heterocycles. The van der Waals surface area contributed by atoms with E-state index in [1.165, 1.54) is 103 Å². The molecule has 0 aliphatic heterocycles. The highest BCUT2D eigenvalue weighted by molar-refractivity contribution is 8.93. The van der Waals surface area contributed by atoms with Crippen LogP contribution in [-0.4, -0.2) is 32.6 Å². The van der Waals surface area contributed by atoms with Crippen molar-refractivity contribution < 1.29 is 0 Å². The third-order valence-corrected chi connectivity index (χ3v) is 4.06. The molecule has 0 bridgehead atoms. The van der Waals surface area contributed by atoms with Crippen LogP contribution >= 0.6 is 17.0 Å². The summed E-state index contributed by atoms with van der Waals surface area (Å²) in [5, 5.41) is 0. The number of rotatable bonds is 16. The Bertz CT molecular complexity index is 168. The Kier molecular flexibility index (Phi) is 34.3. The Balaban J connectivity index is -0.000000787. The van der Waals surface area contributed by atoms with Crippen LogP contribution in [0.3, 0.4) is 0 Å². The van der Waals surface area contributed by atoms with Gasteiger partial charge in [-0.25, -0.2) is 0 Å².